The molecule has 150 valence electrons. The number of aliphatic carboxylic acids is 2. The second kappa shape index (κ2) is 8.58. The lowest BCUT2D eigenvalue weighted by molar-refractivity contribution is -0.146. The van der Waals surface area contributed by atoms with Crippen molar-refractivity contribution in [3.05, 3.63) is 40.9 Å². The first-order chi connectivity index (χ1) is 13.8. The Morgan fingerprint density at radius 1 is 1.31 bits per heavy atom. The minimum absolute atomic E-state index is 0.0737. The van der Waals surface area contributed by atoms with Crippen molar-refractivity contribution < 1.29 is 29.3 Å². The van der Waals surface area contributed by atoms with E-state index in [1.54, 1.807) is 31.4 Å². The lowest BCUT2D eigenvalue weighted by Gasteiger charge is -2.22. The molecular formula is C19H16N2O6S2. The Hall–Kier alpha value is -2.98. The Balaban J connectivity index is 1.87. The fourth-order valence-electron chi connectivity index (χ4n) is 2.83. The van der Waals surface area contributed by atoms with Gasteiger partial charge in [0, 0.05) is 11.8 Å². The number of carboxylic acids is 2. The maximum absolute atomic E-state index is 12.8. The molecule has 1 atom stereocenters. The van der Waals surface area contributed by atoms with Crippen molar-refractivity contribution in [2.45, 2.75) is 18.9 Å². The molecule has 2 aromatic rings. The molecule has 1 fully saturated rings. The topological polar surface area (TPSA) is 117 Å². The average molecular weight is 432 g/mol. The van der Waals surface area contributed by atoms with Gasteiger partial charge in [0.1, 0.15) is 16.1 Å². The third kappa shape index (κ3) is 4.54. The quantitative estimate of drug-likeness (QED) is 0.503. The van der Waals surface area contributed by atoms with E-state index in [0.717, 1.165) is 22.0 Å². The summed E-state index contributed by atoms with van der Waals surface area (Å²) in [5, 5.41) is 19.1. The number of carboxylic acid groups (broad SMARTS) is 2. The van der Waals surface area contributed by atoms with E-state index in [0.29, 0.717) is 17.0 Å². The van der Waals surface area contributed by atoms with E-state index >= 15 is 0 Å². The summed E-state index contributed by atoms with van der Waals surface area (Å²) in [4.78, 5) is 40.8. The van der Waals surface area contributed by atoms with E-state index in [4.69, 9.17) is 22.1 Å². The summed E-state index contributed by atoms with van der Waals surface area (Å²) in [5.74, 6) is -2.32. The van der Waals surface area contributed by atoms with Crippen molar-refractivity contribution in [1.29, 1.82) is 0 Å². The van der Waals surface area contributed by atoms with Crippen molar-refractivity contribution in [2.75, 3.05) is 7.11 Å². The zero-order valence-corrected chi connectivity index (χ0v) is 16.8. The molecule has 2 N–H and O–H groups in total. The molecule has 1 aliphatic rings. The van der Waals surface area contributed by atoms with Crippen LogP contribution < -0.4 is 4.74 Å². The number of rotatable bonds is 7. The Bertz CT molecular complexity index is 1050. The smallest absolute Gasteiger partial charge is 0.326 e. The van der Waals surface area contributed by atoms with Gasteiger partial charge in [-0.2, -0.15) is 0 Å². The second-order valence-electron chi connectivity index (χ2n) is 6.13. The van der Waals surface area contributed by atoms with Gasteiger partial charge in [-0.15, -0.1) is 0 Å². The van der Waals surface area contributed by atoms with Gasteiger partial charge in [0.25, 0.3) is 5.91 Å². The summed E-state index contributed by atoms with van der Waals surface area (Å²) in [6, 6.07) is 7.65. The fourth-order valence-corrected chi connectivity index (χ4v) is 4.17. The Labute approximate surface area is 175 Å². The number of carbonyl (C=O) groups excluding carboxylic acids is 1. The fraction of sp³-hybridized carbons (Fsp3) is 0.211. The molecule has 0 aliphatic carbocycles. The number of hydrogen-bond acceptors (Lipinski definition) is 7. The maximum atomic E-state index is 12.8. The van der Waals surface area contributed by atoms with Crippen LogP contribution in [0.2, 0.25) is 0 Å². The molecule has 2 heterocycles. The number of carbonyl (C=O) groups is 3. The van der Waals surface area contributed by atoms with Gasteiger partial charge in [0.2, 0.25) is 0 Å². The van der Waals surface area contributed by atoms with Gasteiger partial charge in [-0.3, -0.25) is 14.5 Å². The van der Waals surface area contributed by atoms with E-state index in [1.807, 2.05) is 12.1 Å². The van der Waals surface area contributed by atoms with Crippen LogP contribution in [0.25, 0.3) is 17.0 Å². The highest BCUT2D eigenvalue weighted by Gasteiger charge is 2.40. The van der Waals surface area contributed by atoms with Crippen LogP contribution in [0.5, 0.6) is 5.75 Å². The standard InChI is InChI=1S/C19H16N2O6S2/c1-27-12-4-5-13-10(8-12)2-3-11(20-13)9-15-17(24)21(19(28)29-15)14(18(25)26)6-7-16(22)23/h2-5,8-9,14H,6-7H2,1H3,(H,22,23)(H,25,26)/b15-9-/t14-/m0/s1. The molecule has 29 heavy (non-hydrogen) atoms. The van der Waals surface area contributed by atoms with Crippen molar-refractivity contribution in [2.24, 2.45) is 0 Å². The number of thiocarbonyl (C=S) groups is 1. The Kier molecular flexibility index (Phi) is 6.14. The van der Waals surface area contributed by atoms with E-state index in [9.17, 15) is 19.5 Å². The minimum Gasteiger partial charge on any atom is -0.497 e. The number of methoxy groups -OCH3 is 1. The third-order valence-corrected chi connectivity index (χ3v) is 5.58. The van der Waals surface area contributed by atoms with Crippen LogP contribution in [0.3, 0.4) is 0 Å². The summed E-state index contributed by atoms with van der Waals surface area (Å²) < 4.78 is 5.26. The molecule has 0 saturated carbocycles. The van der Waals surface area contributed by atoms with Gasteiger partial charge in [-0.1, -0.05) is 30.0 Å². The van der Waals surface area contributed by atoms with Gasteiger partial charge < -0.3 is 14.9 Å². The Morgan fingerprint density at radius 2 is 2.07 bits per heavy atom. The molecule has 3 rings (SSSR count). The van der Waals surface area contributed by atoms with Crippen LogP contribution >= 0.6 is 24.0 Å². The number of amides is 1. The SMILES string of the molecule is COc1ccc2nc(/C=C3\SC(=S)N([C@@H](CCC(=O)O)C(=O)O)C3=O)ccc2c1. The van der Waals surface area contributed by atoms with Crippen LogP contribution in [0, 0.1) is 0 Å². The van der Waals surface area contributed by atoms with Gasteiger partial charge in [-0.25, -0.2) is 9.78 Å². The monoisotopic (exact) mass is 432 g/mol. The summed E-state index contributed by atoms with van der Waals surface area (Å²) in [6.07, 6.45) is 0.919. The zero-order chi connectivity index (χ0) is 21.1. The van der Waals surface area contributed by atoms with Crippen molar-refractivity contribution >= 4 is 63.1 Å². The van der Waals surface area contributed by atoms with Gasteiger partial charge in [-0.05, 0) is 36.8 Å². The number of ether oxygens (including phenoxy) is 1. The first kappa shape index (κ1) is 20.7. The molecule has 8 nitrogen and oxygen atoms in total. The highest BCUT2D eigenvalue weighted by molar-refractivity contribution is 8.26. The van der Waals surface area contributed by atoms with Crippen LogP contribution in [-0.2, 0) is 14.4 Å². The van der Waals surface area contributed by atoms with Crippen molar-refractivity contribution in [3.8, 4) is 5.75 Å². The number of benzene rings is 1. The molecule has 0 bridgehead atoms. The molecule has 0 unspecified atom stereocenters. The molecule has 1 saturated heterocycles. The van der Waals surface area contributed by atoms with Crippen LogP contribution in [0.15, 0.2) is 35.2 Å². The van der Waals surface area contributed by atoms with Crippen LogP contribution in [0.4, 0.5) is 0 Å². The maximum Gasteiger partial charge on any atom is 0.326 e. The number of aromatic nitrogens is 1. The normalized spacial score (nSPS) is 16.4. The molecule has 0 spiro atoms. The van der Waals surface area contributed by atoms with Crippen molar-refractivity contribution in [3.63, 3.8) is 0 Å². The van der Waals surface area contributed by atoms with Gasteiger partial charge in [0.05, 0.1) is 23.2 Å². The third-order valence-electron chi connectivity index (χ3n) is 4.25. The van der Waals surface area contributed by atoms with Crippen molar-refractivity contribution in [1.82, 2.24) is 9.88 Å². The van der Waals surface area contributed by atoms with E-state index < -0.39 is 23.9 Å². The first-order valence-electron chi connectivity index (χ1n) is 8.46. The van der Waals surface area contributed by atoms with Gasteiger partial charge in [0.15, 0.2) is 0 Å². The largest absolute Gasteiger partial charge is 0.497 e. The molecular weight excluding hydrogens is 416 g/mol. The number of nitrogens with zero attached hydrogens (tertiary/aromatic N) is 2. The predicted molar refractivity (Wildman–Crippen MR) is 112 cm³/mol. The summed E-state index contributed by atoms with van der Waals surface area (Å²) in [5.41, 5.74) is 1.22. The van der Waals surface area contributed by atoms with E-state index in [-0.39, 0.29) is 22.1 Å². The number of pyridine rings is 1. The molecule has 1 amide bonds. The number of hydrogen-bond donors (Lipinski definition) is 2. The molecule has 1 aromatic heterocycles. The van der Waals surface area contributed by atoms with E-state index in [1.165, 1.54) is 0 Å². The number of fused-ring (bicyclic) bond motifs is 1. The first-order valence-corrected chi connectivity index (χ1v) is 9.69. The van der Waals surface area contributed by atoms with Crippen LogP contribution in [-0.4, -0.2) is 55.4 Å². The highest BCUT2D eigenvalue weighted by atomic mass is 32.2. The minimum atomic E-state index is -1.33. The lowest BCUT2D eigenvalue weighted by atomic mass is 10.1. The molecule has 10 heteroatoms. The van der Waals surface area contributed by atoms with E-state index in [2.05, 4.69) is 4.98 Å². The second-order valence-corrected chi connectivity index (χ2v) is 7.81. The average Bonchev–Trinajstić information content (AvgIpc) is 2.95. The summed E-state index contributed by atoms with van der Waals surface area (Å²) >= 11 is 6.14. The lowest BCUT2D eigenvalue weighted by Crippen LogP contribution is -2.44. The summed E-state index contributed by atoms with van der Waals surface area (Å²) in [7, 11) is 1.58. The van der Waals surface area contributed by atoms with Gasteiger partial charge >= 0.3 is 11.9 Å². The predicted octanol–water partition coefficient (Wildman–Crippen LogP) is 2.76. The van der Waals surface area contributed by atoms with Crippen LogP contribution in [0.1, 0.15) is 18.5 Å². The summed E-state index contributed by atoms with van der Waals surface area (Å²) in [6.45, 7) is 0. The number of thioether (sulfide) groups is 1. The zero-order valence-electron chi connectivity index (χ0n) is 15.2. The molecule has 1 aliphatic heterocycles. The Morgan fingerprint density at radius 3 is 2.72 bits per heavy atom. The highest BCUT2D eigenvalue weighted by Crippen LogP contribution is 2.35. The molecule has 1 aromatic carbocycles. The molecule has 0 radical (unpaired) electrons.